The molecule has 11 atom stereocenters. The summed E-state index contributed by atoms with van der Waals surface area (Å²) in [6.45, 7) is 0.183. The highest BCUT2D eigenvalue weighted by molar-refractivity contribution is 7.98. The number of hydrogen-bond donors (Lipinski definition) is 20. The van der Waals surface area contributed by atoms with Crippen LogP contribution in [0.25, 0.3) is 32.2 Å². The Kier molecular flexibility index (Phi) is 41.4. The van der Waals surface area contributed by atoms with Gasteiger partial charge >= 0.3 is 0 Å². The number of phenols is 1. The summed E-state index contributed by atoms with van der Waals surface area (Å²) in [6, 6.07) is 15.4. The molecule has 0 aliphatic carbocycles. The number of aromatic nitrogens is 4. The number of hydrogen-bond acceptors (Lipinski definition) is 22. The average molecular weight is 1810 g/mol. The maximum atomic E-state index is 15.2. The van der Waals surface area contributed by atoms with Gasteiger partial charge in [-0.15, -0.1) is 0 Å². The Labute approximate surface area is 747 Å². The molecule has 0 bridgehead atoms. The molecule has 0 unspecified atom stereocenters. The van der Waals surface area contributed by atoms with Crippen LogP contribution in [0.15, 0.2) is 133 Å². The molecule has 4 heterocycles. The second-order valence-corrected chi connectivity index (χ2v) is 32.9. The molecule has 8 rings (SSSR count). The number of rotatable bonds is 55. The summed E-state index contributed by atoms with van der Waals surface area (Å²) in [5.74, 6) is -10.7. The number of H-pyrrole nitrogens is 3. The number of unbranched alkanes of at least 4 members (excludes halogenated alkanes) is 2. The number of benzene rings is 4. The Hall–Kier alpha value is -13.0. The van der Waals surface area contributed by atoms with Crippen molar-refractivity contribution < 1.29 is 77.0 Å². The van der Waals surface area contributed by atoms with E-state index < -0.39 is 169 Å². The normalized spacial score (nSPS) is 14.6. The number of phenolic OH excluding ortho intramolecular Hbond substituents is 1. The summed E-state index contributed by atoms with van der Waals surface area (Å²) in [5, 5.41) is 49.6. The molecule has 1 aliphatic rings. The van der Waals surface area contributed by atoms with E-state index in [2.05, 4.69) is 99.1 Å². The van der Waals surface area contributed by atoms with Gasteiger partial charge in [0.15, 0.2) is 0 Å². The Morgan fingerprint density at radius 2 is 1.04 bits per heavy atom. The minimum Gasteiger partial charge on any atom is -0.508 e. The summed E-state index contributed by atoms with van der Waals surface area (Å²) >= 11 is 2.70. The van der Waals surface area contributed by atoms with Gasteiger partial charge in [0.1, 0.15) is 66.2 Å². The first kappa shape index (κ1) is 100. The molecule has 42 heteroatoms. The van der Waals surface area contributed by atoms with Gasteiger partial charge in [0.05, 0.1) is 37.7 Å². The van der Waals surface area contributed by atoms with Gasteiger partial charge in [0, 0.05) is 97.0 Å². The summed E-state index contributed by atoms with van der Waals surface area (Å²) in [6.07, 6.45) is 12.3. The van der Waals surface area contributed by atoms with Crippen LogP contribution in [0.5, 0.6) is 5.75 Å². The Balaban J connectivity index is 0.906. The number of primary amides is 1. The number of carbonyl (C=O) groups is 15. The van der Waals surface area contributed by atoms with Crippen LogP contribution in [-0.2, 0) is 104 Å². The van der Waals surface area contributed by atoms with E-state index in [0.29, 0.717) is 72.4 Å². The highest BCUT2D eigenvalue weighted by atomic mass is 32.2. The molecule has 15 amide bonds. The van der Waals surface area contributed by atoms with Gasteiger partial charge < -0.3 is 111 Å². The molecule has 40 nitrogen and oxygen atoms in total. The van der Waals surface area contributed by atoms with Crippen molar-refractivity contribution in [3.05, 3.63) is 166 Å². The zero-order valence-electron chi connectivity index (χ0n) is 71.7. The highest BCUT2D eigenvalue weighted by Crippen LogP contribution is 2.25. The fourth-order valence-corrected chi connectivity index (χ4v) is 15.3. The van der Waals surface area contributed by atoms with Crippen molar-refractivity contribution in [3.8, 4) is 5.75 Å². The van der Waals surface area contributed by atoms with Gasteiger partial charge in [0.2, 0.25) is 88.6 Å². The standard InChI is InChI=1S/C86H116N24O16S2/c1-51(100-82(122)68(41-54-44-93-61-21-9-7-19-58(54)61)107-85(125)71-25-16-36-110(71)86(126)70(43-56-46-91-50-98-56)108-84(124)69(42-55-45-94-62-22-10-8-20-59(55)62)105-78(118)60(88)39-52-17-5-4-6-18-52)77(117)102-65(31-37-127-2)80(120)104-66(32-38-128-3)81(121)106-67(40-53-27-29-57(111)30-28-53)83(123)103-64(24-11-13-33-87)79(119)97-48-74(114)95-47-73(113)96-49-75(115)101-63(76(89)116)23-12-14-34-92-72(112)26-15-35-99-109-90/h4-10,17-22,27-30,44-46,50-51,60,63-71,93-94,111H,11-16,23-26,31-43,47-49,87-88H2,1-3H3,(H2,89,116)(H,91,98)(H,92,112)(H,95,114)(H,96,113)(H,97,119)(H,100,122)(H,101,115)(H,102,117)(H,103,123)(H,104,120)(H,105,118)(H,106,121)(H,107,125)(H,108,124)/t51-,60-,63+,64-,65-,66-,67-,68-,69-,70-,71-/m1/s1. The Bertz CT molecular complexity index is 4960. The van der Waals surface area contributed by atoms with Gasteiger partial charge in [-0.05, 0) is 167 Å². The lowest BCUT2D eigenvalue weighted by atomic mass is 10.0. The highest BCUT2D eigenvalue weighted by Gasteiger charge is 2.42. The number of para-hydroxylation sites is 2. The van der Waals surface area contributed by atoms with E-state index in [9.17, 15) is 67.4 Å². The van der Waals surface area contributed by atoms with Crippen LogP contribution in [0.3, 0.4) is 0 Å². The van der Waals surface area contributed by atoms with Crippen molar-refractivity contribution in [3.63, 3.8) is 0 Å². The van der Waals surface area contributed by atoms with E-state index in [4.69, 9.17) is 22.7 Å². The van der Waals surface area contributed by atoms with Crippen LogP contribution in [0.4, 0.5) is 0 Å². The smallest absolute Gasteiger partial charge is 0.246 e. The quantitative estimate of drug-likeness (QED) is 0.0104. The zero-order chi connectivity index (χ0) is 92.4. The SMILES string of the molecule is CSCC[C@@H](NC(=O)[C@@H](C)NC(=O)[C@@H](Cc1c[nH]c2ccccc12)NC(=O)[C@H]1CCCN1C(=O)[C@@H](Cc1c[nH]cn1)NC(=O)[C@@H](Cc1c[nH]c2ccccc12)NC(=O)[C@H](N)Cc1ccccc1)C(=O)N[C@H](CCSC)C(=O)N[C@H](Cc1ccc(O)cc1)C(=O)N[C@H](CCCCN)C(=O)NCC(=O)NCC(=O)NCC(=O)N[C@@H](CCCCNC(=O)CCCN=[N+]=[N-])C(N)=O. The lowest BCUT2D eigenvalue weighted by Crippen LogP contribution is -2.60. The first-order chi connectivity index (χ1) is 61.6. The molecular formula is C86H116N24O16S2. The van der Waals surface area contributed by atoms with Crippen LogP contribution < -0.4 is 86.3 Å². The van der Waals surface area contributed by atoms with Crippen molar-refractivity contribution in [1.29, 1.82) is 0 Å². The number of likely N-dealkylation sites (tertiary alicyclic amines) is 1. The lowest BCUT2D eigenvalue weighted by molar-refractivity contribution is -0.142. The molecule has 1 aliphatic heterocycles. The number of azide groups is 1. The van der Waals surface area contributed by atoms with Crippen LogP contribution in [0.2, 0.25) is 0 Å². The van der Waals surface area contributed by atoms with Gasteiger partial charge in [-0.25, -0.2) is 4.98 Å². The number of aromatic hydroxyl groups is 1. The van der Waals surface area contributed by atoms with Crippen molar-refractivity contribution in [2.45, 2.75) is 183 Å². The Morgan fingerprint density at radius 3 is 1.63 bits per heavy atom. The van der Waals surface area contributed by atoms with Crippen LogP contribution in [-0.4, -0.2) is 255 Å². The first-order valence-electron chi connectivity index (χ1n) is 42.4. The number of imidazole rings is 1. The van der Waals surface area contributed by atoms with Crippen molar-refractivity contribution in [1.82, 2.24) is 94.0 Å². The van der Waals surface area contributed by atoms with Crippen LogP contribution in [0.1, 0.15) is 112 Å². The third-order valence-corrected chi connectivity index (χ3v) is 22.6. The molecule has 0 spiro atoms. The van der Waals surface area contributed by atoms with Gasteiger partial charge in [-0.2, -0.15) is 23.5 Å². The maximum Gasteiger partial charge on any atom is 0.246 e. The predicted octanol–water partition coefficient (Wildman–Crippen LogP) is 0.139. The summed E-state index contributed by atoms with van der Waals surface area (Å²) < 4.78 is 0. The number of fused-ring (bicyclic) bond motifs is 2. The third kappa shape index (κ3) is 32.7. The maximum absolute atomic E-state index is 15.2. The molecule has 23 N–H and O–H groups in total. The predicted molar refractivity (Wildman–Crippen MR) is 481 cm³/mol. The van der Waals surface area contributed by atoms with E-state index in [1.54, 1.807) is 37.2 Å². The molecule has 688 valence electrons. The second kappa shape index (κ2) is 52.8. The molecule has 0 radical (unpaired) electrons. The fourth-order valence-electron chi connectivity index (χ4n) is 14.3. The van der Waals surface area contributed by atoms with Crippen molar-refractivity contribution in [2.24, 2.45) is 22.3 Å². The summed E-state index contributed by atoms with van der Waals surface area (Å²) in [4.78, 5) is 227. The molecule has 128 heavy (non-hydrogen) atoms. The molecule has 7 aromatic rings. The van der Waals surface area contributed by atoms with Crippen LogP contribution >= 0.6 is 23.5 Å². The molecular weight excluding hydrogens is 1690 g/mol. The van der Waals surface area contributed by atoms with E-state index in [-0.39, 0.29) is 108 Å². The molecule has 4 aromatic carbocycles. The van der Waals surface area contributed by atoms with Gasteiger partial charge in [-0.1, -0.05) is 84.0 Å². The van der Waals surface area contributed by atoms with E-state index in [1.165, 1.54) is 65.9 Å². The largest absolute Gasteiger partial charge is 0.508 e. The molecule has 1 fully saturated rings. The first-order valence-corrected chi connectivity index (χ1v) is 45.2. The lowest BCUT2D eigenvalue weighted by Gasteiger charge is -2.31. The van der Waals surface area contributed by atoms with Crippen LogP contribution in [0, 0.1) is 0 Å². The number of nitrogens with two attached hydrogens (primary N) is 3. The monoisotopic (exact) mass is 1800 g/mol. The third-order valence-electron chi connectivity index (χ3n) is 21.3. The molecule has 0 saturated carbocycles. The Morgan fingerprint density at radius 1 is 0.523 bits per heavy atom. The number of amides is 15. The number of thioether (sulfide) groups is 2. The minimum absolute atomic E-state index is 0.00154. The van der Waals surface area contributed by atoms with Gasteiger partial charge in [0.25, 0.3) is 0 Å². The van der Waals surface area contributed by atoms with E-state index >= 15 is 9.59 Å². The topological polar surface area (TPSA) is 623 Å². The number of carbonyl (C=O) groups excluding carboxylic acids is 15. The number of nitrogens with zero attached hydrogens (tertiary/aromatic N) is 5. The number of nitrogens with one attached hydrogen (secondary N) is 16. The van der Waals surface area contributed by atoms with E-state index in [1.807, 2.05) is 72.8 Å². The number of aromatic amines is 3. The fraction of sp³-hybridized carbons (Fsp3) is 0.465. The van der Waals surface area contributed by atoms with E-state index in [0.717, 1.165) is 27.4 Å². The van der Waals surface area contributed by atoms with Crippen molar-refractivity contribution in [2.75, 3.05) is 69.8 Å². The molecule has 1 saturated heterocycles. The summed E-state index contributed by atoms with van der Waals surface area (Å²) in [5.41, 5.74) is 30.6. The average Bonchev–Trinajstić information content (AvgIpc) is 1.63. The van der Waals surface area contributed by atoms with Gasteiger partial charge in [-0.3, -0.25) is 71.9 Å². The zero-order valence-corrected chi connectivity index (χ0v) is 73.3. The van der Waals surface area contributed by atoms with Crippen molar-refractivity contribution >= 4 is 134 Å². The molecule has 3 aromatic heterocycles. The second-order valence-electron chi connectivity index (χ2n) is 31.0. The minimum atomic E-state index is -1.47. The summed E-state index contributed by atoms with van der Waals surface area (Å²) in [7, 11) is 0.